The number of Topliss-reactive ketones (excluding diaryl/α,β-unsaturated/α-hetero) is 1. The van der Waals surface area contributed by atoms with Gasteiger partial charge in [0.05, 0.1) is 0 Å². The van der Waals surface area contributed by atoms with E-state index in [0.717, 1.165) is 55.1 Å². The molecule has 2 aliphatic carbocycles. The van der Waals surface area contributed by atoms with Crippen LogP contribution in [0.1, 0.15) is 66.2 Å². The summed E-state index contributed by atoms with van der Waals surface area (Å²) < 4.78 is 0. The van der Waals surface area contributed by atoms with Gasteiger partial charge in [0, 0.05) is 6.42 Å². The second kappa shape index (κ2) is 6.76. The predicted molar refractivity (Wildman–Crippen MR) is 90.6 cm³/mol. The van der Waals surface area contributed by atoms with Crippen molar-refractivity contribution in [3.8, 4) is 0 Å². The van der Waals surface area contributed by atoms with Gasteiger partial charge >= 0.3 is 0 Å². The van der Waals surface area contributed by atoms with Gasteiger partial charge < -0.3 is 0 Å². The fourth-order valence-electron chi connectivity index (χ4n) is 3.98. The SMILES string of the molecule is CC(C)=C1C(=O)C[C@@]2(C)C/C=C(\C)CC/C=C(\C=O)CC[C@H]12. The van der Waals surface area contributed by atoms with E-state index < -0.39 is 0 Å². The number of hydrogen-bond acceptors (Lipinski definition) is 2. The van der Waals surface area contributed by atoms with E-state index in [1.54, 1.807) is 0 Å². The largest absolute Gasteiger partial charge is 0.298 e. The number of carbonyl (C=O) groups is 2. The van der Waals surface area contributed by atoms with Gasteiger partial charge in [0.25, 0.3) is 0 Å². The summed E-state index contributed by atoms with van der Waals surface area (Å²) in [4.78, 5) is 23.8. The molecule has 0 spiro atoms. The van der Waals surface area contributed by atoms with Crippen LogP contribution in [0.25, 0.3) is 0 Å². The fraction of sp³-hybridized carbons (Fsp3) is 0.600. The van der Waals surface area contributed by atoms with Crippen molar-refractivity contribution < 1.29 is 9.59 Å². The molecule has 0 saturated heterocycles. The Kier molecular flexibility index (Phi) is 5.20. The number of carbonyl (C=O) groups excluding carboxylic acids is 2. The molecular formula is C20H28O2. The van der Waals surface area contributed by atoms with Crippen molar-refractivity contribution in [2.45, 2.75) is 66.2 Å². The van der Waals surface area contributed by atoms with Crippen LogP contribution in [-0.4, -0.2) is 12.1 Å². The highest BCUT2D eigenvalue weighted by Crippen LogP contribution is 2.51. The molecule has 1 saturated carbocycles. The Hall–Kier alpha value is -1.44. The van der Waals surface area contributed by atoms with Crippen molar-refractivity contribution in [2.75, 3.05) is 0 Å². The third-order valence-electron chi connectivity index (χ3n) is 5.33. The van der Waals surface area contributed by atoms with E-state index in [0.29, 0.717) is 12.2 Å². The van der Waals surface area contributed by atoms with Gasteiger partial charge in [-0.05, 0) is 75.4 Å². The van der Waals surface area contributed by atoms with Crippen LogP contribution < -0.4 is 0 Å². The van der Waals surface area contributed by atoms with E-state index in [2.05, 4.69) is 26.0 Å². The summed E-state index contributed by atoms with van der Waals surface area (Å²) in [6.45, 7) is 8.49. The monoisotopic (exact) mass is 300 g/mol. The first-order chi connectivity index (χ1) is 10.4. The highest BCUT2D eigenvalue weighted by molar-refractivity contribution is 5.99. The first kappa shape index (κ1) is 16.9. The minimum Gasteiger partial charge on any atom is -0.298 e. The first-order valence-corrected chi connectivity index (χ1v) is 8.38. The molecule has 0 amide bonds. The maximum atomic E-state index is 12.5. The normalized spacial score (nSPS) is 34.8. The summed E-state index contributed by atoms with van der Waals surface area (Å²) >= 11 is 0. The van der Waals surface area contributed by atoms with Crippen molar-refractivity contribution in [3.63, 3.8) is 0 Å². The van der Waals surface area contributed by atoms with Gasteiger partial charge in [-0.3, -0.25) is 9.59 Å². The van der Waals surface area contributed by atoms with Gasteiger partial charge in [-0.15, -0.1) is 0 Å². The molecule has 22 heavy (non-hydrogen) atoms. The summed E-state index contributed by atoms with van der Waals surface area (Å²) in [5.74, 6) is 0.586. The zero-order valence-electron chi connectivity index (χ0n) is 14.4. The summed E-state index contributed by atoms with van der Waals surface area (Å²) in [5.41, 5.74) is 4.43. The van der Waals surface area contributed by atoms with Crippen LogP contribution in [0.4, 0.5) is 0 Å². The standard InChI is InChI=1S/C20H28O2/c1-14(2)19-17-9-8-16(13-21)7-5-6-15(3)10-11-20(17,4)12-18(19)22/h7,10,13,17H,5-6,8-9,11-12H2,1-4H3/b15-10+,16-7-/t17-,20-/m1/s1. The molecular weight excluding hydrogens is 272 g/mol. The summed E-state index contributed by atoms with van der Waals surface area (Å²) in [7, 11) is 0. The Labute approximate surface area is 134 Å². The molecule has 0 bridgehead atoms. The number of rotatable bonds is 1. The van der Waals surface area contributed by atoms with Crippen LogP contribution in [0.5, 0.6) is 0 Å². The average Bonchev–Trinajstić information content (AvgIpc) is 2.69. The molecule has 1 fully saturated rings. The Morgan fingerprint density at radius 3 is 2.64 bits per heavy atom. The molecule has 0 aromatic rings. The summed E-state index contributed by atoms with van der Waals surface area (Å²) in [6, 6.07) is 0. The van der Waals surface area contributed by atoms with Gasteiger partial charge in [-0.25, -0.2) is 0 Å². The zero-order chi connectivity index (χ0) is 16.3. The maximum Gasteiger partial charge on any atom is 0.159 e. The van der Waals surface area contributed by atoms with Crippen LogP contribution in [-0.2, 0) is 9.59 Å². The number of ketones is 1. The molecule has 2 aliphatic rings. The van der Waals surface area contributed by atoms with Gasteiger partial charge in [0.1, 0.15) is 6.29 Å². The summed E-state index contributed by atoms with van der Waals surface area (Å²) in [5, 5.41) is 0. The Bertz CT molecular complexity index is 558. The lowest BCUT2D eigenvalue weighted by Gasteiger charge is -2.31. The molecule has 120 valence electrons. The molecule has 0 heterocycles. The van der Waals surface area contributed by atoms with Crippen LogP contribution in [0.15, 0.2) is 34.4 Å². The lowest BCUT2D eigenvalue weighted by atomic mass is 9.72. The lowest BCUT2D eigenvalue weighted by Crippen LogP contribution is -2.22. The third-order valence-corrected chi connectivity index (χ3v) is 5.33. The molecule has 0 aromatic carbocycles. The second-order valence-corrected chi connectivity index (χ2v) is 7.45. The molecule has 0 aliphatic heterocycles. The predicted octanol–water partition coefficient (Wildman–Crippen LogP) is 4.95. The molecule has 0 radical (unpaired) electrons. The number of allylic oxidation sites excluding steroid dienone is 6. The van der Waals surface area contributed by atoms with E-state index in [4.69, 9.17) is 0 Å². The minimum atomic E-state index is 0.00325. The lowest BCUT2D eigenvalue weighted by molar-refractivity contribution is -0.115. The summed E-state index contributed by atoms with van der Waals surface area (Å²) in [6.07, 6.45) is 10.6. The van der Waals surface area contributed by atoms with Gasteiger partial charge in [-0.1, -0.05) is 30.2 Å². The van der Waals surface area contributed by atoms with Gasteiger partial charge in [0.2, 0.25) is 0 Å². The van der Waals surface area contributed by atoms with Gasteiger partial charge in [0.15, 0.2) is 5.78 Å². The third kappa shape index (κ3) is 3.48. The molecule has 0 unspecified atom stereocenters. The van der Waals surface area contributed by atoms with Crippen molar-refractivity contribution in [1.29, 1.82) is 0 Å². The molecule has 2 nitrogen and oxygen atoms in total. The Morgan fingerprint density at radius 2 is 2.00 bits per heavy atom. The van der Waals surface area contributed by atoms with E-state index in [1.165, 1.54) is 5.57 Å². The number of hydrogen-bond donors (Lipinski definition) is 0. The molecule has 0 aromatic heterocycles. The van der Waals surface area contributed by atoms with E-state index in [9.17, 15) is 9.59 Å². The highest BCUT2D eigenvalue weighted by Gasteiger charge is 2.46. The second-order valence-electron chi connectivity index (χ2n) is 7.45. The van der Waals surface area contributed by atoms with Crippen molar-refractivity contribution in [2.24, 2.45) is 11.3 Å². The van der Waals surface area contributed by atoms with E-state index in [1.807, 2.05) is 13.8 Å². The molecule has 2 atom stereocenters. The quantitative estimate of drug-likeness (QED) is 0.390. The molecule has 0 N–H and O–H groups in total. The van der Waals surface area contributed by atoms with Crippen LogP contribution >= 0.6 is 0 Å². The molecule has 2 rings (SSSR count). The number of aldehydes is 1. The van der Waals surface area contributed by atoms with Crippen molar-refractivity contribution in [3.05, 3.63) is 34.4 Å². The minimum absolute atomic E-state index is 0.00325. The smallest absolute Gasteiger partial charge is 0.159 e. The zero-order valence-corrected chi connectivity index (χ0v) is 14.4. The van der Waals surface area contributed by atoms with E-state index >= 15 is 0 Å². The van der Waals surface area contributed by atoms with Crippen LogP contribution in [0.3, 0.4) is 0 Å². The first-order valence-electron chi connectivity index (χ1n) is 8.38. The van der Waals surface area contributed by atoms with Crippen LogP contribution in [0, 0.1) is 11.3 Å². The Balaban J connectivity index is 2.41. The highest BCUT2D eigenvalue weighted by atomic mass is 16.1. The van der Waals surface area contributed by atoms with Crippen molar-refractivity contribution >= 4 is 12.1 Å². The fourth-order valence-corrected chi connectivity index (χ4v) is 3.98. The van der Waals surface area contributed by atoms with E-state index in [-0.39, 0.29) is 11.3 Å². The number of fused-ring (bicyclic) bond motifs is 1. The molecule has 2 heteroatoms. The van der Waals surface area contributed by atoms with Gasteiger partial charge in [-0.2, -0.15) is 0 Å². The van der Waals surface area contributed by atoms with Crippen LogP contribution in [0.2, 0.25) is 0 Å². The Morgan fingerprint density at radius 1 is 1.27 bits per heavy atom. The average molecular weight is 300 g/mol. The topological polar surface area (TPSA) is 34.1 Å². The maximum absolute atomic E-state index is 12.5. The van der Waals surface area contributed by atoms with Crippen molar-refractivity contribution in [1.82, 2.24) is 0 Å².